The minimum absolute atomic E-state index is 0.211. The zero-order valence-electron chi connectivity index (χ0n) is 5.13. The fraction of sp³-hybridized carbons (Fsp3) is 0.250. The van der Waals surface area contributed by atoms with E-state index in [0.717, 1.165) is 6.20 Å². The molecule has 0 unspecified atom stereocenters. The monoisotopic (exact) mass is 164 g/mol. The summed E-state index contributed by atoms with van der Waals surface area (Å²) >= 11 is 0. The van der Waals surface area contributed by atoms with Crippen molar-refractivity contribution in [3.8, 4) is 0 Å². The van der Waals surface area contributed by atoms with Gasteiger partial charge in [0.05, 0.1) is 11.9 Å². The van der Waals surface area contributed by atoms with Crippen LogP contribution in [0, 0.1) is 6.92 Å². The van der Waals surface area contributed by atoms with Crippen molar-refractivity contribution in [2.75, 3.05) is 0 Å². The number of aromatic nitrogens is 2. The standard InChI is InChI=1S/C4H5FN2O2S/c1-3-4(2-6-7-3)10(5,8)9/h2H,1H3,(H,6,7). The lowest BCUT2D eigenvalue weighted by Crippen LogP contribution is -1.91. The van der Waals surface area contributed by atoms with E-state index in [1.54, 1.807) is 0 Å². The Bertz CT molecular complexity index is 329. The van der Waals surface area contributed by atoms with Crippen LogP contribution in [0.15, 0.2) is 11.1 Å². The maximum Gasteiger partial charge on any atom is 0.335 e. The SMILES string of the molecule is Cc1[nH]ncc1S(=O)(=O)F. The molecule has 1 aromatic rings. The van der Waals surface area contributed by atoms with Crippen LogP contribution in [0.1, 0.15) is 5.69 Å². The van der Waals surface area contributed by atoms with Crippen molar-refractivity contribution in [1.29, 1.82) is 0 Å². The Balaban J connectivity index is 3.32. The van der Waals surface area contributed by atoms with Crippen LogP contribution >= 0.6 is 0 Å². The van der Waals surface area contributed by atoms with E-state index in [1.807, 2.05) is 0 Å². The van der Waals surface area contributed by atoms with E-state index in [9.17, 15) is 12.3 Å². The van der Waals surface area contributed by atoms with Crippen LogP contribution in [0.2, 0.25) is 0 Å². The van der Waals surface area contributed by atoms with Gasteiger partial charge in [0.15, 0.2) is 0 Å². The predicted molar refractivity (Wildman–Crippen MR) is 31.6 cm³/mol. The number of aromatic amines is 1. The summed E-state index contributed by atoms with van der Waals surface area (Å²) in [6, 6.07) is 0. The average molecular weight is 164 g/mol. The van der Waals surface area contributed by atoms with Crippen molar-refractivity contribution >= 4 is 10.2 Å². The van der Waals surface area contributed by atoms with Crippen molar-refractivity contribution in [1.82, 2.24) is 10.2 Å². The Morgan fingerprint density at radius 2 is 2.30 bits per heavy atom. The molecule has 4 nitrogen and oxygen atoms in total. The van der Waals surface area contributed by atoms with E-state index in [1.165, 1.54) is 6.92 Å². The first-order valence-corrected chi connectivity index (χ1v) is 3.85. The molecule has 1 heterocycles. The van der Waals surface area contributed by atoms with Crippen molar-refractivity contribution in [2.24, 2.45) is 0 Å². The second-order valence-electron chi connectivity index (χ2n) is 1.80. The lowest BCUT2D eigenvalue weighted by molar-refractivity contribution is 0.551. The third-order valence-electron chi connectivity index (χ3n) is 1.05. The van der Waals surface area contributed by atoms with Gasteiger partial charge in [0.2, 0.25) is 0 Å². The lowest BCUT2D eigenvalue weighted by atomic mass is 10.5. The molecule has 1 aromatic heterocycles. The van der Waals surface area contributed by atoms with Gasteiger partial charge in [-0.05, 0) is 6.92 Å². The Morgan fingerprint density at radius 1 is 1.70 bits per heavy atom. The van der Waals surface area contributed by atoms with Gasteiger partial charge in [-0.15, -0.1) is 3.89 Å². The zero-order valence-corrected chi connectivity index (χ0v) is 5.94. The quantitative estimate of drug-likeness (QED) is 0.610. The molecule has 0 bridgehead atoms. The lowest BCUT2D eigenvalue weighted by Gasteiger charge is -1.86. The number of halogens is 1. The molecule has 0 fully saturated rings. The zero-order chi connectivity index (χ0) is 7.78. The van der Waals surface area contributed by atoms with Crippen molar-refractivity contribution in [3.63, 3.8) is 0 Å². The smallest absolute Gasteiger partial charge is 0.281 e. The van der Waals surface area contributed by atoms with Crippen LogP contribution in [-0.4, -0.2) is 18.6 Å². The van der Waals surface area contributed by atoms with Gasteiger partial charge in [-0.25, -0.2) is 0 Å². The molecule has 0 spiro atoms. The second-order valence-corrected chi connectivity index (χ2v) is 3.11. The average Bonchev–Trinajstić information content (AvgIpc) is 2.11. The Labute approximate surface area is 57.3 Å². The van der Waals surface area contributed by atoms with E-state index in [-0.39, 0.29) is 5.69 Å². The molecule has 10 heavy (non-hydrogen) atoms. The van der Waals surface area contributed by atoms with E-state index in [0.29, 0.717) is 0 Å². The minimum Gasteiger partial charge on any atom is -0.281 e. The summed E-state index contributed by atoms with van der Waals surface area (Å²) in [5.41, 5.74) is 0.211. The highest BCUT2D eigenvalue weighted by molar-refractivity contribution is 7.86. The summed E-state index contributed by atoms with van der Waals surface area (Å²) in [6.45, 7) is 1.43. The van der Waals surface area contributed by atoms with E-state index >= 15 is 0 Å². The number of hydrogen-bond donors (Lipinski definition) is 1. The predicted octanol–water partition coefficient (Wildman–Crippen LogP) is 0.376. The third-order valence-corrected chi connectivity index (χ3v) is 1.98. The van der Waals surface area contributed by atoms with Gasteiger partial charge in [-0.2, -0.15) is 13.5 Å². The highest BCUT2D eigenvalue weighted by Gasteiger charge is 2.15. The summed E-state index contributed by atoms with van der Waals surface area (Å²) in [7, 11) is -4.58. The normalized spacial score (nSPS) is 11.8. The molecule has 0 aliphatic carbocycles. The summed E-state index contributed by atoms with van der Waals surface area (Å²) < 4.78 is 32.5. The number of nitrogens with one attached hydrogen (secondary N) is 1. The van der Waals surface area contributed by atoms with Gasteiger partial charge >= 0.3 is 10.2 Å². The van der Waals surface area contributed by atoms with Crippen molar-refractivity contribution in [2.45, 2.75) is 11.8 Å². The van der Waals surface area contributed by atoms with Gasteiger partial charge in [0, 0.05) is 0 Å². The van der Waals surface area contributed by atoms with Crippen LogP contribution in [0.4, 0.5) is 3.89 Å². The molecule has 0 aromatic carbocycles. The third kappa shape index (κ3) is 1.15. The summed E-state index contributed by atoms with van der Waals surface area (Å²) in [4.78, 5) is -0.396. The largest absolute Gasteiger partial charge is 0.335 e. The number of nitrogens with zero attached hydrogens (tertiary/aromatic N) is 1. The molecule has 0 aliphatic heterocycles. The molecule has 0 saturated carbocycles. The van der Waals surface area contributed by atoms with Crippen LogP contribution in [0.3, 0.4) is 0 Å². The molecule has 0 radical (unpaired) electrons. The Morgan fingerprint density at radius 3 is 2.50 bits per heavy atom. The maximum atomic E-state index is 12.1. The van der Waals surface area contributed by atoms with E-state index in [2.05, 4.69) is 10.2 Å². The highest BCUT2D eigenvalue weighted by Crippen LogP contribution is 2.12. The van der Waals surface area contributed by atoms with Crippen LogP contribution in [-0.2, 0) is 10.2 Å². The van der Waals surface area contributed by atoms with Gasteiger partial charge in [-0.1, -0.05) is 0 Å². The first kappa shape index (κ1) is 7.20. The topological polar surface area (TPSA) is 62.8 Å². The molecule has 1 rings (SSSR count). The minimum atomic E-state index is -4.58. The van der Waals surface area contributed by atoms with Gasteiger partial charge in [-0.3, -0.25) is 5.10 Å². The fourth-order valence-electron chi connectivity index (χ4n) is 0.585. The van der Waals surface area contributed by atoms with Gasteiger partial charge in [0.25, 0.3) is 0 Å². The molecule has 0 saturated heterocycles. The molecule has 0 amide bonds. The van der Waals surface area contributed by atoms with Gasteiger partial charge < -0.3 is 0 Å². The molecule has 0 aliphatic rings. The van der Waals surface area contributed by atoms with E-state index in [4.69, 9.17) is 0 Å². The second kappa shape index (κ2) is 2.05. The van der Waals surface area contributed by atoms with Crippen LogP contribution < -0.4 is 0 Å². The number of H-pyrrole nitrogens is 1. The highest BCUT2D eigenvalue weighted by atomic mass is 32.3. The molecule has 1 N–H and O–H groups in total. The molecular formula is C4H5FN2O2S. The van der Waals surface area contributed by atoms with Crippen LogP contribution in [0.5, 0.6) is 0 Å². The summed E-state index contributed by atoms with van der Waals surface area (Å²) in [5.74, 6) is 0. The molecule has 6 heteroatoms. The maximum absolute atomic E-state index is 12.1. The first-order chi connectivity index (χ1) is 4.52. The number of aryl methyl sites for hydroxylation is 1. The molecule has 0 atom stereocenters. The molecule has 56 valence electrons. The van der Waals surface area contributed by atoms with Crippen molar-refractivity contribution in [3.05, 3.63) is 11.9 Å². The number of hydrogen-bond acceptors (Lipinski definition) is 3. The van der Waals surface area contributed by atoms with Crippen LogP contribution in [0.25, 0.3) is 0 Å². The Hall–Kier alpha value is -0.910. The first-order valence-electron chi connectivity index (χ1n) is 2.46. The van der Waals surface area contributed by atoms with E-state index < -0.39 is 15.1 Å². The summed E-state index contributed by atoms with van der Waals surface area (Å²) in [5, 5.41) is 5.65. The molecular weight excluding hydrogens is 159 g/mol. The van der Waals surface area contributed by atoms with Gasteiger partial charge in [0.1, 0.15) is 4.90 Å². The van der Waals surface area contributed by atoms with Crippen molar-refractivity contribution < 1.29 is 12.3 Å². The summed E-state index contributed by atoms with van der Waals surface area (Å²) in [6.07, 6.45) is 0.935. The fourth-order valence-corrected chi connectivity index (χ4v) is 1.18. The number of rotatable bonds is 1. The Kier molecular flexibility index (Phi) is 1.47.